The first-order valence-electron chi connectivity index (χ1n) is 13.2. The fourth-order valence-corrected chi connectivity index (χ4v) is 4.24. The summed E-state index contributed by atoms with van der Waals surface area (Å²) >= 11 is 0. The number of fused-ring (bicyclic) bond motifs is 1. The number of carbonyl (C=O) groups is 1. The number of hydrogen-bond donors (Lipinski definition) is 1. The van der Waals surface area contributed by atoms with Crippen LogP contribution in [-0.2, 0) is 9.47 Å². The summed E-state index contributed by atoms with van der Waals surface area (Å²) in [4.78, 5) is 37.7. The molecule has 222 valence electrons. The van der Waals surface area contributed by atoms with Crippen LogP contribution in [-0.4, -0.2) is 81.6 Å². The van der Waals surface area contributed by atoms with Crippen LogP contribution in [0.25, 0.3) is 17.0 Å². The van der Waals surface area contributed by atoms with E-state index >= 15 is 0 Å². The maximum Gasteiger partial charge on any atom is 0.415 e. The smallest absolute Gasteiger partial charge is 0.415 e. The zero-order valence-corrected chi connectivity index (χ0v) is 23.8. The van der Waals surface area contributed by atoms with Crippen molar-refractivity contribution in [2.45, 2.75) is 32.8 Å². The fourth-order valence-electron chi connectivity index (χ4n) is 4.24. The first-order chi connectivity index (χ1) is 20.0. The van der Waals surface area contributed by atoms with Crippen molar-refractivity contribution in [3.63, 3.8) is 0 Å². The highest BCUT2D eigenvalue weighted by atomic mass is 19.3. The Morgan fingerprint density at radius 3 is 2.45 bits per heavy atom. The highest BCUT2D eigenvalue weighted by molar-refractivity contribution is 5.86. The van der Waals surface area contributed by atoms with Gasteiger partial charge in [0.25, 0.3) is 6.43 Å². The third-order valence-corrected chi connectivity index (χ3v) is 6.21. The number of hydrogen-bond acceptors (Lipinski definition) is 11. The number of halogens is 2. The molecular formula is C27H31F2N9O4. The molecule has 13 nitrogen and oxygen atoms in total. The van der Waals surface area contributed by atoms with E-state index in [-0.39, 0.29) is 23.4 Å². The number of alkyl halides is 2. The van der Waals surface area contributed by atoms with E-state index in [0.29, 0.717) is 49.1 Å². The Hall–Kier alpha value is -4.66. The van der Waals surface area contributed by atoms with E-state index in [2.05, 4.69) is 30.2 Å². The van der Waals surface area contributed by atoms with E-state index in [1.807, 2.05) is 4.90 Å². The molecule has 1 aliphatic rings. The number of amides is 1. The van der Waals surface area contributed by atoms with Crippen LogP contribution in [0.4, 0.5) is 37.0 Å². The van der Waals surface area contributed by atoms with E-state index in [9.17, 15) is 13.6 Å². The van der Waals surface area contributed by atoms with Gasteiger partial charge in [-0.25, -0.2) is 23.5 Å². The zero-order valence-electron chi connectivity index (χ0n) is 23.8. The van der Waals surface area contributed by atoms with Crippen LogP contribution >= 0.6 is 0 Å². The molecule has 0 bridgehead atoms. The molecule has 0 spiro atoms. The van der Waals surface area contributed by atoms with E-state index in [1.54, 1.807) is 58.2 Å². The first kappa shape index (κ1) is 28.9. The van der Waals surface area contributed by atoms with E-state index in [4.69, 9.17) is 14.2 Å². The van der Waals surface area contributed by atoms with Gasteiger partial charge in [0, 0.05) is 20.1 Å². The Bertz CT molecular complexity index is 1570. The Morgan fingerprint density at radius 1 is 1.07 bits per heavy atom. The summed E-state index contributed by atoms with van der Waals surface area (Å²) in [5.41, 5.74) is 0.447. The van der Waals surface area contributed by atoms with Crippen LogP contribution in [0, 0.1) is 0 Å². The third kappa shape index (κ3) is 6.15. The predicted octanol–water partition coefficient (Wildman–Crippen LogP) is 4.50. The SMILES string of the molecule is COc1cccc2c1nc(C(F)F)n2-c1nc(Nc2ccc(N(C)C(=O)OC(C)(C)C)nc2)nc(N2CCOCC2)n1. The Labute approximate surface area is 240 Å². The lowest BCUT2D eigenvalue weighted by Crippen LogP contribution is -2.37. The van der Waals surface area contributed by atoms with Crippen molar-refractivity contribution >= 4 is 40.5 Å². The first-order valence-corrected chi connectivity index (χ1v) is 13.2. The average molecular weight is 584 g/mol. The number of benzene rings is 1. The standard InChI is InChI=1S/C27H31F2N9O4/c1-27(2,3)42-26(39)36(4)19-10-9-16(15-30-19)31-23-33-24(37-11-13-41-14-12-37)35-25(34-23)38-17-7-6-8-18(40-5)20(17)32-22(38)21(28)29/h6-10,15,21H,11-14H2,1-5H3,(H,31,33,34,35). The summed E-state index contributed by atoms with van der Waals surface area (Å²) < 4.78 is 45.9. The monoisotopic (exact) mass is 583 g/mol. The molecule has 1 aromatic carbocycles. The van der Waals surface area contributed by atoms with Crippen molar-refractivity contribution in [2.24, 2.45) is 0 Å². The lowest BCUT2D eigenvalue weighted by Gasteiger charge is -2.27. The molecule has 0 atom stereocenters. The van der Waals surface area contributed by atoms with Crippen molar-refractivity contribution < 1.29 is 27.8 Å². The molecule has 1 amide bonds. The molecule has 0 saturated carbocycles. The van der Waals surface area contributed by atoms with Crippen LogP contribution in [0.3, 0.4) is 0 Å². The summed E-state index contributed by atoms with van der Waals surface area (Å²) in [5.74, 6) is 0.508. The molecule has 0 aliphatic carbocycles. The molecular weight excluding hydrogens is 552 g/mol. The van der Waals surface area contributed by atoms with Gasteiger partial charge in [-0.3, -0.25) is 9.47 Å². The third-order valence-electron chi connectivity index (χ3n) is 6.21. The average Bonchev–Trinajstić information content (AvgIpc) is 3.37. The maximum atomic E-state index is 14.3. The summed E-state index contributed by atoms with van der Waals surface area (Å²) in [7, 11) is 3.00. The quantitative estimate of drug-likeness (QED) is 0.330. The van der Waals surface area contributed by atoms with Gasteiger partial charge in [-0.1, -0.05) is 6.07 Å². The molecule has 5 rings (SSSR count). The molecule has 4 aromatic rings. The van der Waals surface area contributed by atoms with Gasteiger partial charge in [0.05, 0.1) is 37.7 Å². The van der Waals surface area contributed by atoms with Crippen molar-refractivity contribution in [1.82, 2.24) is 29.5 Å². The minimum absolute atomic E-state index is 0.0470. The van der Waals surface area contributed by atoms with Crippen molar-refractivity contribution in [3.05, 3.63) is 42.4 Å². The Balaban J connectivity index is 1.53. The number of imidazole rings is 1. The number of ether oxygens (including phenoxy) is 3. The number of nitrogens with zero attached hydrogens (tertiary/aromatic N) is 8. The number of aromatic nitrogens is 6. The van der Waals surface area contributed by atoms with Crippen LogP contribution in [0.5, 0.6) is 5.75 Å². The lowest BCUT2D eigenvalue weighted by atomic mass is 10.2. The summed E-state index contributed by atoms with van der Waals surface area (Å²) in [6.45, 7) is 7.29. The van der Waals surface area contributed by atoms with Gasteiger partial charge < -0.3 is 24.4 Å². The van der Waals surface area contributed by atoms with E-state index in [1.165, 1.54) is 22.8 Å². The van der Waals surface area contributed by atoms with Crippen LogP contribution in [0.15, 0.2) is 36.5 Å². The summed E-state index contributed by atoms with van der Waals surface area (Å²) in [6.07, 6.45) is -1.97. The highest BCUT2D eigenvalue weighted by Gasteiger charge is 2.26. The number of rotatable bonds is 7. The van der Waals surface area contributed by atoms with Gasteiger partial charge in [-0.2, -0.15) is 15.0 Å². The molecule has 1 aliphatic heterocycles. The van der Waals surface area contributed by atoms with Gasteiger partial charge in [-0.05, 0) is 45.0 Å². The van der Waals surface area contributed by atoms with Crippen molar-refractivity contribution in [3.8, 4) is 11.7 Å². The molecule has 1 saturated heterocycles. The maximum absolute atomic E-state index is 14.3. The second-order valence-electron chi connectivity index (χ2n) is 10.4. The second kappa shape index (κ2) is 11.7. The number of carbonyl (C=O) groups excluding carboxylic acids is 1. The number of nitrogens with one attached hydrogen (secondary N) is 1. The molecule has 1 N–H and O–H groups in total. The molecule has 0 unspecified atom stereocenters. The number of pyridine rings is 1. The molecule has 0 radical (unpaired) electrons. The van der Waals surface area contributed by atoms with Gasteiger partial charge in [0.2, 0.25) is 17.8 Å². The second-order valence-corrected chi connectivity index (χ2v) is 10.4. The van der Waals surface area contributed by atoms with Gasteiger partial charge in [0.1, 0.15) is 22.7 Å². The number of methoxy groups -OCH3 is 1. The molecule has 15 heteroatoms. The number of morpholine rings is 1. The lowest BCUT2D eigenvalue weighted by molar-refractivity contribution is 0.0588. The molecule has 4 heterocycles. The van der Waals surface area contributed by atoms with Crippen molar-refractivity contribution in [2.75, 3.05) is 55.6 Å². The van der Waals surface area contributed by atoms with Crippen LogP contribution in [0.2, 0.25) is 0 Å². The van der Waals surface area contributed by atoms with Crippen LogP contribution in [0.1, 0.15) is 33.0 Å². The Morgan fingerprint density at radius 2 is 1.81 bits per heavy atom. The number of anilines is 4. The van der Waals surface area contributed by atoms with E-state index in [0.717, 1.165) is 0 Å². The zero-order chi connectivity index (χ0) is 30.0. The van der Waals surface area contributed by atoms with Crippen molar-refractivity contribution in [1.29, 1.82) is 0 Å². The normalized spacial score (nSPS) is 13.9. The minimum Gasteiger partial charge on any atom is -0.494 e. The highest BCUT2D eigenvalue weighted by Crippen LogP contribution is 2.32. The summed E-state index contributed by atoms with van der Waals surface area (Å²) in [5, 5.41) is 3.08. The van der Waals surface area contributed by atoms with E-state index < -0.39 is 23.9 Å². The molecule has 3 aromatic heterocycles. The van der Waals surface area contributed by atoms with Crippen LogP contribution < -0.4 is 19.9 Å². The topological polar surface area (TPSA) is 133 Å². The molecule has 42 heavy (non-hydrogen) atoms. The largest absolute Gasteiger partial charge is 0.494 e. The summed E-state index contributed by atoms with van der Waals surface area (Å²) in [6, 6.07) is 8.28. The fraction of sp³-hybridized carbons (Fsp3) is 0.407. The molecule has 1 fully saturated rings. The van der Waals surface area contributed by atoms with Gasteiger partial charge >= 0.3 is 6.09 Å². The number of para-hydroxylation sites is 1. The van der Waals surface area contributed by atoms with Gasteiger partial charge in [-0.15, -0.1) is 0 Å². The minimum atomic E-state index is -2.92. The Kier molecular flexibility index (Phi) is 8.02. The van der Waals surface area contributed by atoms with Gasteiger partial charge in [0.15, 0.2) is 5.82 Å². The predicted molar refractivity (Wildman–Crippen MR) is 151 cm³/mol.